The molecule has 0 saturated heterocycles. The molecule has 21 heavy (non-hydrogen) atoms. The zero-order chi connectivity index (χ0) is 14.9. The van der Waals surface area contributed by atoms with Crippen LogP contribution in [0.3, 0.4) is 0 Å². The van der Waals surface area contributed by atoms with Crippen LogP contribution in [-0.2, 0) is 10.2 Å². The highest BCUT2D eigenvalue weighted by molar-refractivity contribution is 5.91. The molecular formula is C18H18FNO. The quantitative estimate of drug-likeness (QED) is 0.910. The van der Waals surface area contributed by atoms with E-state index in [0.29, 0.717) is 18.4 Å². The maximum atomic E-state index is 14.0. The molecule has 2 aromatic carbocycles. The Balaban J connectivity index is 1.78. The zero-order valence-corrected chi connectivity index (χ0v) is 12.0. The van der Waals surface area contributed by atoms with Gasteiger partial charge in [-0.05, 0) is 31.4 Å². The fourth-order valence-electron chi connectivity index (χ4n) is 2.75. The molecule has 1 aliphatic carbocycles. The summed E-state index contributed by atoms with van der Waals surface area (Å²) in [6.07, 6.45) is 1.42. The van der Waals surface area contributed by atoms with Crippen LogP contribution in [0.5, 0.6) is 0 Å². The third-order valence-corrected chi connectivity index (χ3v) is 4.22. The van der Waals surface area contributed by atoms with Gasteiger partial charge in [-0.3, -0.25) is 4.79 Å². The molecule has 0 unspecified atom stereocenters. The molecule has 0 bridgehead atoms. The van der Waals surface area contributed by atoms with Crippen molar-refractivity contribution in [2.24, 2.45) is 0 Å². The maximum Gasteiger partial charge on any atom is 0.231 e. The van der Waals surface area contributed by atoms with E-state index < -0.39 is 5.41 Å². The Morgan fingerprint density at radius 2 is 1.71 bits per heavy atom. The Kier molecular flexibility index (Phi) is 3.50. The second-order valence-corrected chi connectivity index (χ2v) is 5.67. The molecule has 1 aliphatic rings. The number of hydrogen-bond donors (Lipinski definition) is 1. The molecule has 0 radical (unpaired) electrons. The topological polar surface area (TPSA) is 29.1 Å². The van der Waals surface area contributed by atoms with Crippen LogP contribution in [-0.4, -0.2) is 5.91 Å². The van der Waals surface area contributed by atoms with Gasteiger partial charge >= 0.3 is 0 Å². The fourth-order valence-corrected chi connectivity index (χ4v) is 2.75. The molecule has 1 saturated carbocycles. The summed E-state index contributed by atoms with van der Waals surface area (Å²) in [6.45, 7) is 1.95. The Hall–Kier alpha value is -2.16. The molecular weight excluding hydrogens is 265 g/mol. The van der Waals surface area contributed by atoms with Crippen molar-refractivity contribution in [2.45, 2.75) is 31.2 Å². The lowest BCUT2D eigenvalue weighted by Gasteiger charge is -2.20. The molecule has 3 rings (SSSR count). The smallest absolute Gasteiger partial charge is 0.231 e. The van der Waals surface area contributed by atoms with Gasteiger partial charge < -0.3 is 5.32 Å². The molecule has 3 heteroatoms. The van der Waals surface area contributed by atoms with E-state index >= 15 is 0 Å². The van der Waals surface area contributed by atoms with Crippen molar-refractivity contribution < 1.29 is 9.18 Å². The average molecular weight is 283 g/mol. The summed E-state index contributed by atoms with van der Waals surface area (Å²) in [4.78, 5) is 12.6. The highest BCUT2D eigenvalue weighted by Gasteiger charge is 2.52. The summed E-state index contributed by atoms with van der Waals surface area (Å²) < 4.78 is 14.0. The first-order valence-corrected chi connectivity index (χ1v) is 7.24. The van der Waals surface area contributed by atoms with Gasteiger partial charge in [0.25, 0.3) is 0 Å². The molecule has 1 fully saturated rings. The third kappa shape index (κ3) is 2.56. The van der Waals surface area contributed by atoms with Crippen LogP contribution < -0.4 is 5.32 Å². The predicted molar refractivity (Wildman–Crippen MR) is 80.3 cm³/mol. The van der Waals surface area contributed by atoms with E-state index in [4.69, 9.17) is 0 Å². The highest BCUT2D eigenvalue weighted by atomic mass is 19.1. The second-order valence-electron chi connectivity index (χ2n) is 5.67. The first-order chi connectivity index (χ1) is 10.1. The lowest BCUT2D eigenvalue weighted by atomic mass is 9.93. The molecule has 1 N–H and O–H groups in total. The van der Waals surface area contributed by atoms with E-state index in [-0.39, 0.29) is 17.8 Å². The van der Waals surface area contributed by atoms with E-state index in [1.54, 1.807) is 18.2 Å². The number of nitrogens with one attached hydrogen (secondary N) is 1. The van der Waals surface area contributed by atoms with Gasteiger partial charge in [0, 0.05) is 5.56 Å². The number of amides is 1. The van der Waals surface area contributed by atoms with Gasteiger partial charge in [-0.25, -0.2) is 4.39 Å². The average Bonchev–Trinajstić information content (AvgIpc) is 3.30. The highest BCUT2D eigenvalue weighted by Crippen LogP contribution is 2.49. The summed E-state index contributed by atoms with van der Waals surface area (Å²) in [5, 5.41) is 3.02. The normalized spacial score (nSPS) is 17.0. The first kappa shape index (κ1) is 13.8. The van der Waals surface area contributed by atoms with Crippen molar-refractivity contribution in [3.63, 3.8) is 0 Å². The van der Waals surface area contributed by atoms with Crippen LogP contribution in [0, 0.1) is 5.82 Å². The predicted octanol–water partition coefficient (Wildman–Crippen LogP) is 3.73. The zero-order valence-electron chi connectivity index (χ0n) is 12.0. The largest absolute Gasteiger partial charge is 0.349 e. The molecule has 1 atom stereocenters. The van der Waals surface area contributed by atoms with Gasteiger partial charge in [0.15, 0.2) is 0 Å². The van der Waals surface area contributed by atoms with Crippen LogP contribution >= 0.6 is 0 Å². The minimum absolute atomic E-state index is 0.0797. The second kappa shape index (κ2) is 5.32. The Bertz CT molecular complexity index is 649. The number of carbonyl (C=O) groups excluding carboxylic acids is 1. The van der Waals surface area contributed by atoms with Gasteiger partial charge in [0.05, 0.1) is 11.5 Å². The molecule has 0 spiro atoms. The number of benzene rings is 2. The Morgan fingerprint density at radius 3 is 2.33 bits per heavy atom. The van der Waals surface area contributed by atoms with Crippen LogP contribution in [0.1, 0.15) is 36.9 Å². The van der Waals surface area contributed by atoms with E-state index in [1.165, 1.54) is 6.07 Å². The van der Waals surface area contributed by atoms with Gasteiger partial charge in [0.2, 0.25) is 5.91 Å². The standard InChI is InChI=1S/C18H18FNO/c1-13(14-7-3-2-4-8-14)20-17(21)18(11-12-18)15-9-5-6-10-16(15)19/h2-10,13H,11-12H2,1H3,(H,20,21)/t13-/m0/s1. The van der Waals surface area contributed by atoms with Gasteiger partial charge in [-0.1, -0.05) is 48.5 Å². The van der Waals surface area contributed by atoms with Gasteiger partial charge in [-0.15, -0.1) is 0 Å². The summed E-state index contributed by atoms with van der Waals surface area (Å²) in [7, 11) is 0. The number of hydrogen-bond acceptors (Lipinski definition) is 1. The van der Waals surface area contributed by atoms with Crippen molar-refractivity contribution in [1.29, 1.82) is 0 Å². The summed E-state index contributed by atoms with van der Waals surface area (Å²) in [6, 6.07) is 16.3. The van der Waals surface area contributed by atoms with Crippen molar-refractivity contribution in [1.82, 2.24) is 5.32 Å². The number of rotatable bonds is 4. The lowest BCUT2D eigenvalue weighted by molar-refractivity contribution is -0.124. The van der Waals surface area contributed by atoms with Crippen molar-refractivity contribution in [3.8, 4) is 0 Å². The molecule has 2 aromatic rings. The fraction of sp³-hybridized carbons (Fsp3) is 0.278. The number of halogens is 1. The molecule has 0 aliphatic heterocycles. The van der Waals surface area contributed by atoms with Crippen LogP contribution in [0.15, 0.2) is 54.6 Å². The van der Waals surface area contributed by atoms with E-state index in [2.05, 4.69) is 5.32 Å². The maximum absolute atomic E-state index is 14.0. The van der Waals surface area contributed by atoms with Crippen molar-refractivity contribution >= 4 is 5.91 Å². The van der Waals surface area contributed by atoms with Crippen molar-refractivity contribution in [3.05, 3.63) is 71.5 Å². The third-order valence-electron chi connectivity index (χ3n) is 4.22. The SMILES string of the molecule is C[C@H](NC(=O)C1(c2ccccc2F)CC1)c1ccccc1. The summed E-state index contributed by atoms with van der Waals surface area (Å²) in [5.74, 6) is -0.374. The minimum atomic E-state index is -0.672. The lowest BCUT2D eigenvalue weighted by Crippen LogP contribution is -2.36. The first-order valence-electron chi connectivity index (χ1n) is 7.24. The van der Waals surface area contributed by atoms with E-state index in [0.717, 1.165) is 5.56 Å². The van der Waals surface area contributed by atoms with Crippen molar-refractivity contribution in [2.75, 3.05) is 0 Å². The Labute approximate surface area is 124 Å². The summed E-state index contributed by atoms with van der Waals surface area (Å²) >= 11 is 0. The van der Waals surface area contributed by atoms with Gasteiger partial charge in [0.1, 0.15) is 5.82 Å². The molecule has 108 valence electrons. The van der Waals surface area contributed by atoms with E-state index in [9.17, 15) is 9.18 Å². The summed E-state index contributed by atoms with van der Waals surface area (Å²) in [5.41, 5.74) is 0.895. The van der Waals surface area contributed by atoms with Crippen LogP contribution in [0.25, 0.3) is 0 Å². The van der Waals surface area contributed by atoms with Gasteiger partial charge in [-0.2, -0.15) is 0 Å². The molecule has 0 aromatic heterocycles. The van der Waals surface area contributed by atoms with Crippen LogP contribution in [0.4, 0.5) is 4.39 Å². The molecule has 2 nitrogen and oxygen atoms in total. The molecule has 0 heterocycles. The number of carbonyl (C=O) groups is 1. The Morgan fingerprint density at radius 1 is 1.10 bits per heavy atom. The monoisotopic (exact) mass is 283 g/mol. The minimum Gasteiger partial charge on any atom is -0.349 e. The van der Waals surface area contributed by atoms with Crippen LogP contribution in [0.2, 0.25) is 0 Å². The molecule has 1 amide bonds. The van der Waals surface area contributed by atoms with E-state index in [1.807, 2.05) is 37.3 Å².